The van der Waals surface area contributed by atoms with Crippen LogP contribution in [0.15, 0.2) is 70.7 Å². The van der Waals surface area contributed by atoms with Gasteiger partial charge in [0.2, 0.25) is 0 Å². The summed E-state index contributed by atoms with van der Waals surface area (Å²) in [6.07, 6.45) is 40.9. The Labute approximate surface area is 301 Å². The first-order chi connectivity index (χ1) is 22.6. The molecule has 0 spiro atoms. The number of rotatable bonds is 27. The van der Waals surface area contributed by atoms with E-state index in [1.807, 2.05) is 6.21 Å². The summed E-state index contributed by atoms with van der Waals surface area (Å²) in [4.78, 5) is 9.75. The van der Waals surface area contributed by atoms with Crippen molar-refractivity contribution in [3.63, 3.8) is 0 Å². The topological polar surface area (TPSA) is 24.7 Å². The fourth-order valence-corrected chi connectivity index (χ4v) is 6.01. The van der Waals surface area contributed by atoms with E-state index in [4.69, 9.17) is 9.98 Å². The van der Waals surface area contributed by atoms with Crippen LogP contribution >= 0.6 is 0 Å². The van der Waals surface area contributed by atoms with Crippen LogP contribution in [0.4, 0.5) is 11.4 Å². The number of aryl methyl sites for hydroxylation is 2. The van der Waals surface area contributed by atoms with Crippen LogP contribution in [-0.2, 0) is 16.5 Å². The second kappa shape index (κ2) is 29.9. The summed E-state index contributed by atoms with van der Waals surface area (Å²) in [5, 5.41) is 0. The molecular formula is C44H68N2Ni. The van der Waals surface area contributed by atoms with Gasteiger partial charge in [0.15, 0.2) is 0 Å². The van der Waals surface area contributed by atoms with Gasteiger partial charge in [0, 0.05) is 16.5 Å². The van der Waals surface area contributed by atoms with E-state index >= 15 is 0 Å². The number of nitrogens with zero attached hydrogens (tertiary/aromatic N) is 2. The van der Waals surface area contributed by atoms with Gasteiger partial charge in [-0.3, -0.25) is 4.99 Å². The first-order valence-corrected chi connectivity index (χ1v) is 19.2. The summed E-state index contributed by atoms with van der Waals surface area (Å²) < 4.78 is 0. The normalized spacial score (nSPS) is 12.1. The smallest absolute Gasteiger partial charge is 0.0816 e. The van der Waals surface area contributed by atoms with E-state index in [-0.39, 0.29) is 16.5 Å². The van der Waals surface area contributed by atoms with Gasteiger partial charge in [-0.1, -0.05) is 166 Å². The van der Waals surface area contributed by atoms with Gasteiger partial charge in [-0.25, -0.2) is 4.99 Å². The molecular weight excluding hydrogens is 615 g/mol. The van der Waals surface area contributed by atoms with Crippen LogP contribution in [0.2, 0.25) is 0 Å². The quantitative estimate of drug-likeness (QED) is 0.0509. The first kappa shape index (κ1) is 42.8. The maximum atomic E-state index is 4.96. The minimum atomic E-state index is 0. The van der Waals surface area contributed by atoms with E-state index in [0.29, 0.717) is 0 Å². The molecule has 0 saturated heterocycles. The third kappa shape index (κ3) is 23.7. The molecule has 2 rings (SSSR count). The molecule has 2 nitrogen and oxygen atoms in total. The zero-order valence-electron chi connectivity index (χ0n) is 30.7. The summed E-state index contributed by atoms with van der Waals surface area (Å²) >= 11 is 0. The Balaban J connectivity index is 0.0000110. The van der Waals surface area contributed by atoms with Gasteiger partial charge in [0.05, 0.1) is 23.3 Å². The zero-order valence-corrected chi connectivity index (χ0v) is 31.7. The number of allylic oxidation sites excluding steroid dienone is 3. The summed E-state index contributed by atoms with van der Waals surface area (Å²) in [5.41, 5.74) is 6.55. The maximum Gasteiger partial charge on any atom is 0.0816 e. The molecule has 0 amide bonds. The van der Waals surface area contributed by atoms with Crippen LogP contribution in [0.25, 0.3) is 6.08 Å². The Bertz CT molecular complexity index is 1120. The average molecular weight is 684 g/mol. The van der Waals surface area contributed by atoms with Gasteiger partial charge >= 0.3 is 0 Å². The number of unbranched alkanes of at least 4 members (excludes halogenated alkanes) is 20. The molecule has 0 aromatic heterocycles. The van der Waals surface area contributed by atoms with E-state index in [1.54, 1.807) is 0 Å². The van der Waals surface area contributed by atoms with Crippen molar-refractivity contribution in [3.8, 4) is 0 Å². The van der Waals surface area contributed by atoms with Gasteiger partial charge < -0.3 is 0 Å². The molecule has 0 heterocycles. The molecule has 0 unspecified atom stereocenters. The van der Waals surface area contributed by atoms with Crippen LogP contribution in [0.1, 0.15) is 172 Å². The van der Waals surface area contributed by atoms with Crippen molar-refractivity contribution in [2.24, 2.45) is 9.98 Å². The molecule has 264 valence electrons. The molecule has 0 bridgehead atoms. The summed E-state index contributed by atoms with van der Waals surface area (Å²) in [6, 6.07) is 15.0. The van der Waals surface area contributed by atoms with Crippen LogP contribution < -0.4 is 0 Å². The maximum absolute atomic E-state index is 4.96. The fraction of sp³-hybridized carbons (Fsp3) is 0.591. The van der Waals surface area contributed by atoms with Crippen molar-refractivity contribution in [1.82, 2.24) is 0 Å². The molecule has 0 fully saturated rings. The molecule has 0 aliphatic heterocycles. The number of hydrogen-bond donors (Lipinski definition) is 0. The average Bonchev–Trinajstić information content (AvgIpc) is 3.05. The molecule has 47 heavy (non-hydrogen) atoms. The number of aliphatic imine (C=N–C) groups is 2. The van der Waals surface area contributed by atoms with E-state index in [1.165, 1.54) is 145 Å². The molecule has 3 heteroatoms. The van der Waals surface area contributed by atoms with E-state index < -0.39 is 0 Å². The van der Waals surface area contributed by atoms with E-state index in [2.05, 4.69) is 94.5 Å². The molecule has 0 aliphatic carbocycles. The fourth-order valence-electron chi connectivity index (χ4n) is 6.01. The van der Waals surface area contributed by atoms with Crippen LogP contribution in [0.5, 0.6) is 0 Å². The van der Waals surface area contributed by atoms with Crippen LogP contribution in [-0.4, -0.2) is 11.9 Å². The van der Waals surface area contributed by atoms with E-state index in [9.17, 15) is 0 Å². The molecule has 2 aromatic carbocycles. The molecule has 2 aromatic rings. The van der Waals surface area contributed by atoms with Gasteiger partial charge in [-0.05, 0) is 86.6 Å². The van der Waals surface area contributed by atoms with Crippen molar-refractivity contribution < 1.29 is 16.5 Å². The molecule has 0 atom stereocenters. The zero-order chi connectivity index (χ0) is 32.9. The van der Waals surface area contributed by atoms with Crippen molar-refractivity contribution >= 4 is 29.4 Å². The Kier molecular flexibility index (Phi) is 27.2. The summed E-state index contributed by atoms with van der Waals surface area (Å²) in [5.74, 6) is 0. The predicted molar refractivity (Wildman–Crippen MR) is 209 cm³/mol. The number of benzene rings is 2. The second-order valence-electron chi connectivity index (χ2n) is 13.5. The van der Waals surface area contributed by atoms with Crippen molar-refractivity contribution in [3.05, 3.63) is 77.4 Å². The molecule has 0 N–H and O–H groups in total. The van der Waals surface area contributed by atoms with E-state index in [0.717, 1.165) is 29.9 Å². The van der Waals surface area contributed by atoms with Gasteiger partial charge in [0.1, 0.15) is 0 Å². The number of hydrogen-bond acceptors (Lipinski definition) is 2. The largest absolute Gasteiger partial charge is 0.255 e. The van der Waals surface area contributed by atoms with Crippen LogP contribution in [0.3, 0.4) is 0 Å². The summed E-state index contributed by atoms with van der Waals surface area (Å²) in [6.45, 7) is 8.81. The monoisotopic (exact) mass is 682 g/mol. The minimum Gasteiger partial charge on any atom is -0.255 e. The molecule has 0 saturated carbocycles. The Morgan fingerprint density at radius 1 is 0.532 bits per heavy atom. The molecule has 0 radical (unpaired) electrons. The standard InChI is InChI=1S/C44H68N2.Ni/c1-5-7-9-11-13-14-15-16-17-18-19-20-21-22-23-24-26-28-30-43(38-45-44-36-39(3)35-40(4)37-44)46-42-33-31-41(32-34-42)29-27-25-12-10-8-6-2;/h27-38H,5-26H2,1-4H3;. The van der Waals surface area contributed by atoms with Gasteiger partial charge in [-0.2, -0.15) is 0 Å². The SMILES string of the molecule is CCCCCCC=Cc1ccc(N=C(C=CCCCCCCCCCCCCCCCCCC)C=Nc2cc(C)cc(C)c2)cc1.[Ni]. The first-order valence-electron chi connectivity index (χ1n) is 19.2. The van der Waals surface area contributed by atoms with Crippen molar-refractivity contribution in [1.29, 1.82) is 0 Å². The Hall–Kier alpha value is -2.25. The predicted octanol–water partition coefficient (Wildman–Crippen LogP) is 15.0. The second-order valence-corrected chi connectivity index (χ2v) is 13.5. The Morgan fingerprint density at radius 3 is 1.49 bits per heavy atom. The van der Waals surface area contributed by atoms with Gasteiger partial charge in [0.25, 0.3) is 0 Å². The van der Waals surface area contributed by atoms with Crippen LogP contribution in [0, 0.1) is 13.8 Å². The third-order valence-electron chi connectivity index (χ3n) is 8.75. The molecule has 0 aliphatic rings. The Morgan fingerprint density at radius 2 is 0.979 bits per heavy atom. The third-order valence-corrected chi connectivity index (χ3v) is 8.75. The minimum absolute atomic E-state index is 0. The summed E-state index contributed by atoms with van der Waals surface area (Å²) in [7, 11) is 0. The van der Waals surface area contributed by atoms with Crippen molar-refractivity contribution in [2.75, 3.05) is 0 Å². The van der Waals surface area contributed by atoms with Gasteiger partial charge in [-0.15, -0.1) is 0 Å². The van der Waals surface area contributed by atoms with Crippen molar-refractivity contribution in [2.45, 2.75) is 169 Å².